The maximum absolute atomic E-state index is 13.2. The number of halogens is 2. The van der Waals surface area contributed by atoms with Crippen molar-refractivity contribution in [3.05, 3.63) is 69.4 Å². The fourth-order valence-corrected chi connectivity index (χ4v) is 3.03. The number of aryl methyl sites for hydroxylation is 1. The summed E-state index contributed by atoms with van der Waals surface area (Å²) in [5.74, 6) is -0.227. The van der Waals surface area contributed by atoms with E-state index in [1.54, 1.807) is 0 Å². The van der Waals surface area contributed by atoms with Gasteiger partial charge in [0.2, 0.25) is 0 Å². The highest BCUT2D eigenvalue weighted by Gasteiger charge is 2.15. The minimum atomic E-state index is -0.227. The zero-order chi connectivity index (χ0) is 14.5. The van der Waals surface area contributed by atoms with Gasteiger partial charge in [-0.05, 0) is 42.3 Å². The second-order valence-electron chi connectivity index (χ2n) is 4.88. The third-order valence-corrected chi connectivity index (χ3v) is 4.07. The molecule has 20 heavy (non-hydrogen) atoms. The summed E-state index contributed by atoms with van der Waals surface area (Å²) in [7, 11) is 1.92. The molecule has 106 valence electrons. The third kappa shape index (κ3) is 3.47. The summed E-state index contributed by atoms with van der Waals surface area (Å²) < 4.78 is 14.0. The van der Waals surface area contributed by atoms with E-state index in [1.807, 2.05) is 13.1 Å². The van der Waals surface area contributed by atoms with Crippen LogP contribution in [0.5, 0.6) is 0 Å². The molecule has 1 N–H and O–H groups in total. The molecule has 0 saturated heterocycles. The lowest BCUT2D eigenvalue weighted by Gasteiger charge is -2.19. The molecule has 0 aromatic heterocycles. The van der Waals surface area contributed by atoms with E-state index in [0.717, 1.165) is 22.9 Å². The molecule has 0 heterocycles. The van der Waals surface area contributed by atoms with Crippen LogP contribution in [0.2, 0.25) is 0 Å². The summed E-state index contributed by atoms with van der Waals surface area (Å²) in [6.45, 7) is 2.18. The van der Waals surface area contributed by atoms with E-state index in [2.05, 4.69) is 52.4 Å². The highest BCUT2D eigenvalue weighted by Crippen LogP contribution is 2.29. The number of hydrogen-bond donors (Lipinski definition) is 1. The van der Waals surface area contributed by atoms with E-state index in [4.69, 9.17) is 0 Å². The molecule has 0 bridgehead atoms. The van der Waals surface area contributed by atoms with Crippen LogP contribution in [0.1, 0.15) is 36.1 Å². The van der Waals surface area contributed by atoms with Crippen molar-refractivity contribution >= 4 is 15.9 Å². The lowest BCUT2D eigenvalue weighted by atomic mass is 9.96. The van der Waals surface area contributed by atoms with Gasteiger partial charge in [-0.3, -0.25) is 0 Å². The minimum Gasteiger partial charge on any atom is -0.309 e. The Morgan fingerprint density at radius 3 is 2.65 bits per heavy atom. The molecule has 0 radical (unpaired) electrons. The van der Waals surface area contributed by atoms with Gasteiger partial charge in [-0.15, -0.1) is 0 Å². The summed E-state index contributed by atoms with van der Waals surface area (Å²) in [6.07, 6.45) is 2.21. The fraction of sp³-hybridized carbons (Fsp3) is 0.294. The van der Waals surface area contributed by atoms with Crippen molar-refractivity contribution in [3.63, 3.8) is 0 Å². The topological polar surface area (TPSA) is 12.0 Å². The second-order valence-corrected chi connectivity index (χ2v) is 5.74. The van der Waals surface area contributed by atoms with Crippen molar-refractivity contribution in [2.24, 2.45) is 0 Å². The van der Waals surface area contributed by atoms with E-state index in [9.17, 15) is 4.39 Å². The Labute approximate surface area is 128 Å². The first kappa shape index (κ1) is 15.2. The predicted octanol–water partition coefficient (Wildman–Crippen LogP) is 4.85. The summed E-state index contributed by atoms with van der Waals surface area (Å²) >= 11 is 3.46. The molecule has 0 aliphatic carbocycles. The zero-order valence-corrected chi connectivity index (χ0v) is 13.4. The van der Waals surface area contributed by atoms with Crippen LogP contribution in [0, 0.1) is 5.82 Å². The van der Waals surface area contributed by atoms with Crippen LogP contribution in [0.15, 0.2) is 46.9 Å². The monoisotopic (exact) mass is 335 g/mol. The smallest absolute Gasteiger partial charge is 0.124 e. The van der Waals surface area contributed by atoms with Gasteiger partial charge in [0.05, 0.1) is 6.04 Å². The van der Waals surface area contributed by atoms with Gasteiger partial charge in [0.1, 0.15) is 5.82 Å². The molecule has 0 amide bonds. The van der Waals surface area contributed by atoms with E-state index < -0.39 is 0 Å². The SMILES string of the molecule is CCCc1cccc(C(NC)c2ccc(F)cc2Br)c1. The van der Waals surface area contributed by atoms with Crippen LogP contribution >= 0.6 is 15.9 Å². The van der Waals surface area contributed by atoms with Gasteiger partial charge in [0.15, 0.2) is 0 Å². The normalized spacial score (nSPS) is 12.4. The molecular weight excluding hydrogens is 317 g/mol. The molecule has 1 nitrogen and oxygen atoms in total. The van der Waals surface area contributed by atoms with Crippen LogP contribution in [0.3, 0.4) is 0 Å². The predicted molar refractivity (Wildman–Crippen MR) is 85.4 cm³/mol. The van der Waals surface area contributed by atoms with Crippen LogP contribution in [-0.2, 0) is 6.42 Å². The van der Waals surface area contributed by atoms with E-state index in [-0.39, 0.29) is 11.9 Å². The van der Waals surface area contributed by atoms with Gasteiger partial charge < -0.3 is 5.32 Å². The second kappa shape index (κ2) is 7.00. The Kier molecular flexibility index (Phi) is 5.32. The zero-order valence-electron chi connectivity index (χ0n) is 11.8. The van der Waals surface area contributed by atoms with Crippen molar-refractivity contribution in [1.82, 2.24) is 5.32 Å². The molecule has 3 heteroatoms. The molecule has 0 fully saturated rings. The molecule has 0 saturated carbocycles. The third-order valence-electron chi connectivity index (χ3n) is 3.39. The fourth-order valence-electron chi connectivity index (χ4n) is 2.45. The first-order chi connectivity index (χ1) is 9.65. The number of nitrogens with one attached hydrogen (secondary N) is 1. The molecule has 1 unspecified atom stereocenters. The van der Waals surface area contributed by atoms with Crippen molar-refractivity contribution in [2.45, 2.75) is 25.8 Å². The Morgan fingerprint density at radius 1 is 1.20 bits per heavy atom. The molecule has 0 spiro atoms. The summed E-state index contributed by atoms with van der Waals surface area (Å²) in [6, 6.07) is 13.5. The highest BCUT2D eigenvalue weighted by molar-refractivity contribution is 9.10. The molecule has 2 rings (SSSR count). The summed E-state index contributed by atoms with van der Waals surface area (Å²) in [4.78, 5) is 0. The van der Waals surface area contributed by atoms with Crippen LogP contribution in [0.25, 0.3) is 0 Å². The van der Waals surface area contributed by atoms with Gasteiger partial charge in [-0.25, -0.2) is 4.39 Å². The quantitative estimate of drug-likeness (QED) is 0.823. The average molecular weight is 336 g/mol. The molecule has 1 atom stereocenters. The van der Waals surface area contributed by atoms with Crippen LogP contribution in [0.4, 0.5) is 4.39 Å². The Bertz CT molecular complexity index is 583. The van der Waals surface area contributed by atoms with E-state index >= 15 is 0 Å². The molecule has 2 aromatic carbocycles. The van der Waals surface area contributed by atoms with Gasteiger partial charge in [0.25, 0.3) is 0 Å². The van der Waals surface area contributed by atoms with Gasteiger partial charge in [0, 0.05) is 4.47 Å². The Hall–Kier alpha value is -1.19. The van der Waals surface area contributed by atoms with Gasteiger partial charge in [-0.2, -0.15) is 0 Å². The number of benzene rings is 2. The van der Waals surface area contributed by atoms with Crippen LogP contribution < -0.4 is 5.32 Å². The Balaban J connectivity index is 2.38. The summed E-state index contributed by atoms with van der Waals surface area (Å²) in [5, 5.41) is 3.31. The largest absolute Gasteiger partial charge is 0.309 e. The van der Waals surface area contributed by atoms with E-state index in [1.165, 1.54) is 23.3 Å². The number of hydrogen-bond acceptors (Lipinski definition) is 1. The van der Waals surface area contributed by atoms with Crippen molar-refractivity contribution in [3.8, 4) is 0 Å². The van der Waals surface area contributed by atoms with Crippen molar-refractivity contribution in [1.29, 1.82) is 0 Å². The standard InChI is InChI=1S/C17H19BrFN/c1-3-5-12-6-4-7-13(10-12)17(20-2)15-9-8-14(19)11-16(15)18/h4,6-11,17,20H,3,5H2,1-2H3. The van der Waals surface area contributed by atoms with Gasteiger partial charge >= 0.3 is 0 Å². The summed E-state index contributed by atoms with van der Waals surface area (Å²) in [5.41, 5.74) is 3.58. The van der Waals surface area contributed by atoms with Crippen molar-refractivity contribution < 1.29 is 4.39 Å². The average Bonchev–Trinajstić information content (AvgIpc) is 2.43. The molecular formula is C17H19BrFN. The first-order valence-corrected chi connectivity index (χ1v) is 7.66. The molecule has 2 aromatic rings. The maximum atomic E-state index is 13.2. The van der Waals surface area contributed by atoms with Crippen LogP contribution in [-0.4, -0.2) is 7.05 Å². The van der Waals surface area contributed by atoms with Crippen molar-refractivity contribution in [2.75, 3.05) is 7.05 Å². The lowest BCUT2D eigenvalue weighted by molar-refractivity contribution is 0.621. The van der Waals surface area contributed by atoms with Gasteiger partial charge in [-0.1, -0.05) is 59.6 Å². The lowest BCUT2D eigenvalue weighted by Crippen LogP contribution is -2.18. The first-order valence-electron chi connectivity index (χ1n) is 6.86. The molecule has 0 aliphatic heterocycles. The van der Waals surface area contributed by atoms with E-state index in [0.29, 0.717) is 0 Å². The number of rotatable bonds is 5. The Morgan fingerprint density at radius 2 is 2.00 bits per heavy atom. The molecule has 0 aliphatic rings. The minimum absolute atomic E-state index is 0.0572. The maximum Gasteiger partial charge on any atom is 0.124 e. The highest BCUT2D eigenvalue weighted by atomic mass is 79.9.